The van der Waals surface area contributed by atoms with Gasteiger partial charge in [0.05, 0.1) is 0 Å². The highest BCUT2D eigenvalue weighted by atomic mass is 16.6. The molecule has 0 N–H and O–H groups in total. The summed E-state index contributed by atoms with van der Waals surface area (Å²) in [6.45, 7) is 0.122. The van der Waals surface area contributed by atoms with Crippen LogP contribution >= 0.6 is 0 Å². The van der Waals surface area contributed by atoms with Crippen LogP contribution in [0, 0.1) is 0 Å². The Bertz CT molecular complexity index is 913. The lowest BCUT2D eigenvalue weighted by Gasteiger charge is -2.22. The number of para-hydroxylation sites is 1. The fourth-order valence-electron chi connectivity index (χ4n) is 2.78. The van der Waals surface area contributed by atoms with E-state index in [1.807, 2.05) is 78.9 Å². The van der Waals surface area contributed by atoms with Gasteiger partial charge in [0.25, 0.3) is 0 Å². The topological polar surface area (TPSA) is 55.8 Å². The van der Waals surface area contributed by atoms with E-state index in [0.717, 1.165) is 11.1 Å². The monoisotopic (exact) mass is 389 g/mol. The summed E-state index contributed by atoms with van der Waals surface area (Å²) >= 11 is 0. The Morgan fingerprint density at radius 1 is 0.793 bits per heavy atom. The van der Waals surface area contributed by atoms with Gasteiger partial charge in [-0.15, -0.1) is 0 Å². The van der Waals surface area contributed by atoms with Crippen LogP contribution in [0.4, 0.5) is 10.5 Å². The number of rotatable bonds is 7. The van der Waals surface area contributed by atoms with Crippen LogP contribution < -0.4 is 4.90 Å². The summed E-state index contributed by atoms with van der Waals surface area (Å²) in [4.78, 5) is 26.7. The maximum atomic E-state index is 12.7. The Kier molecular flexibility index (Phi) is 7.00. The maximum absolute atomic E-state index is 12.7. The minimum absolute atomic E-state index is 0.122. The Morgan fingerprint density at radius 3 is 1.90 bits per heavy atom. The van der Waals surface area contributed by atoms with Crippen molar-refractivity contribution in [1.29, 1.82) is 0 Å². The van der Waals surface area contributed by atoms with Gasteiger partial charge in [-0.3, -0.25) is 4.90 Å². The minimum atomic E-state index is -1.04. The molecule has 5 nitrogen and oxygen atoms in total. The Balaban J connectivity index is 1.70. The van der Waals surface area contributed by atoms with E-state index in [2.05, 4.69) is 0 Å². The van der Waals surface area contributed by atoms with Gasteiger partial charge in [0.1, 0.15) is 6.61 Å². The first kappa shape index (κ1) is 20.1. The van der Waals surface area contributed by atoms with Crippen LogP contribution in [0.15, 0.2) is 91.0 Å². The molecule has 0 unspecified atom stereocenters. The molecule has 0 heterocycles. The van der Waals surface area contributed by atoms with Crippen LogP contribution in [-0.2, 0) is 27.3 Å². The molecule has 29 heavy (non-hydrogen) atoms. The second-order valence-electron chi connectivity index (χ2n) is 6.55. The van der Waals surface area contributed by atoms with Gasteiger partial charge in [-0.05, 0) is 23.3 Å². The van der Waals surface area contributed by atoms with Crippen LogP contribution in [0.2, 0.25) is 0 Å². The van der Waals surface area contributed by atoms with Crippen molar-refractivity contribution < 1.29 is 19.1 Å². The quantitative estimate of drug-likeness (QED) is 0.554. The molecule has 1 amide bonds. The molecule has 1 atom stereocenters. The largest absolute Gasteiger partial charge is 0.458 e. The lowest BCUT2D eigenvalue weighted by Crippen LogP contribution is -2.37. The second-order valence-corrected chi connectivity index (χ2v) is 6.55. The van der Waals surface area contributed by atoms with Gasteiger partial charge in [0, 0.05) is 19.2 Å². The van der Waals surface area contributed by atoms with Gasteiger partial charge in [0.15, 0.2) is 0 Å². The molecular formula is C24H23NO4. The van der Waals surface area contributed by atoms with E-state index in [4.69, 9.17) is 9.47 Å². The summed E-state index contributed by atoms with van der Waals surface area (Å²) in [7, 11) is 1.60. The molecular weight excluding hydrogens is 366 g/mol. The molecule has 0 aliphatic rings. The molecule has 0 aromatic heterocycles. The lowest BCUT2D eigenvalue weighted by atomic mass is 10.1. The van der Waals surface area contributed by atoms with Crippen LogP contribution in [0.5, 0.6) is 0 Å². The Hall–Kier alpha value is -3.60. The third-order valence-electron chi connectivity index (χ3n) is 4.41. The number of anilines is 1. The fraction of sp³-hybridized carbons (Fsp3) is 0.167. The Morgan fingerprint density at radius 2 is 1.31 bits per heavy atom. The summed E-state index contributed by atoms with van der Waals surface area (Å²) in [5.74, 6) is -0.576. The van der Waals surface area contributed by atoms with Crippen molar-refractivity contribution in [3.05, 3.63) is 102 Å². The van der Waals surface area contributed by atoms with Gasteiger partial charge in [-0.25, -0.2) is 9.59 Å². The van der Waals surface area contributed by atoms with Crippen molar-refractivity contribution in [2.75, 3.05) is 11.9 Å². The normalized spacial score (nSPS) is 11.3. The second kappa shape index (κ2) is 10.1. The first-order valence-electron chi connectivity index (χ1n) is 9.37. The van der Waals surface area contributed by atoms with Gasteiger partial charge in [0.2, 0.25) is 6.10 Å². The number of carbonyl (C=O) groups excluding carboxylic acids is 2. The van der Waals surface area contributed by atoms with E-state index in [1.165, 1.54) is 4.90 Å². The average Bonchev–Trinajstić information content (AvgIpc) is 2.78. The molecule has 0 radical (unpaired) electrons. The molecule has 0 aliphatic heterocycles. The van der Waals surface area contributed by atoms with E-state index in [-0.39, 0.29) is 13.0 Å². The number of benzene rings is 3. The molecule has 0 bridgehead atoms. The molecule has 3 rings (SSSR count). The first-order chi connectivity index (χ1) is 14.1. The highest BCUT2D eigenvalue weighted by Crippen LogP contribution is 2.15. The summed E-state index contributed by atoms with van der Waals surface area (Å²) < 4.78 is 10.9. The molecule has 148 valence electrons. The summed E-state index contributed by atoms with van der Waals surface area (Å²) in [6, 6.07) is 27.9. The van der Waals surface area contributed by atoms with Crippen molar-refractivity contribution in [3.63, 3.8) is 0 Å². The van der Waals surface area contributed by atoms with Crippen LogP contribution in [0.25, 0.3) is 0 Å². The molecule has 3 aromatic rings. The molecule has 3 aromatic carbocycles. The molecule has 5 heteroatoms. The van der Waals surface area contributed by atoms with Crippen LogP contribution in [0.3, 0.4) is 0 Å². The zero-order chi connectivity index (χ0) is 20.5. The van der Waals surface area contributed by atoms with Gasteiger partial charge < -0.3 is 9.47 Å². The molecule has 0 spiro atoms. The number of carbonyl (C=O) groups is 2. The standard InChI is InChI=1S/C24H23NO4/c1-25(21-15-9-4-10-16-21)24(27)29-22(17-19-11-5-2-6-12-19)23(26)28-18-20-13-7-3-8-14-20/h2-16,22H,17-18H2,1H3/t22-/m0/s1. The van der Waals surface area contributed by atoms with E-state index in [9.17, 15) is 9.59 Å². The van der Waals surface area contributed by atoms with E-state index in [0.29, 0.717) is 5.69 Å². The lowest BCUT2D eigenvalue weighted by molar-refractivity contribution is -0.154. The summed E-state index contributed by atoms with van der Waals surface area (Å²) in [5.41, 5.74) is 2.42. The summed E-state index contributed by atoms with van der Waals surface area (Å²) in [6.07, 6.45) is -1.42. The van der Waals surface area contributed by atoms with Gasteiger partial charge in [-0.1, -0.05) is 78.9 Å². The minimum Gasteiger partial charge on any atom is -0.458 e. The molecule has 0 fully saturated rings. The Labute approximate surface area is 170 Å². The number of amides is 1. The SMILES string of the molecule is CN(C(=O)O[C@@H](Cc1ccccc1)C(=O)OCc1ccccc1)c1ccccc1. The third-order valence-corrected chi connectivity index (χ3v) is 4.41. The highest BCUT2D eigenvalue weighted by Gasteiger charge is 2.27. The van der Waals surface area contributed by atoms with Gasteiger partial charge in [-0.2, -0.15) is 0 Å². The zero-order valence-electron chi connectivity index (χ0n) is 16.2. The third kappa shape index (κ3) is 5.94. The summed E-state index contributed by atoms with van der Waals surface area (Å²) in [5, 5.41) is 0. The van der Waals surface area contributed by atoms with Crippen LogP contribution in [-0.4, -0.2) is 25.2 Å². The zero-order valence-corrected chi connectivity index (χ0v) is 16.2. The van der Waals surface area contributed by atoms with E-state index < -0.39 is 18.2 Å². The number of hydrogen-bond donors (Lipinski definition) is 0. The number of ether oxygens (including phenoxy) is 2. The van der Waals surface area contributed by atoms with E-state index in [1.54, 1.807) is 19.2 Å². The van der Waals surface area contributed by atoms with Crippen molar-refractivity contribution in [1.82, 2.24) is 0 Å². The van der Waals surface area contributed by atoms with Crippen molar-refractivity contribution >= 4 is 17.7 Å². The van der Waals surface area contributed by atoms with Crippen LogP contribution in [0.1, 0.15) is 11.1 Å². The molecule has 0 saturated carbocycles. The van der Waals surface area contributed by atoms with Crippen molar-refractivity contribution in [3.8, 4) is 0 Å². The predicted molar refractivity (Wildman–Crippen MR) is 111 cm³/mol. The van der Waals surface area contributed by atoms with Crippen molar-refractivity contribution in [2.45, 2.75) is 19.1 Å². The van der Waals surface area contributed by atoms with Crippen molar-refractivity contribution in [2.24, 2.45) is 0 Å². The smallest absolute Gasteiger partial charge is 0.414 e. The van der Waals surface area contributed by atoms with Gasteiger partial charge >= 0.3 is 12.1 Å². The maximum Gasteiger partial charge on any atom is 0.414 e. The number of esters is 1. The highest BCUT2D eigenvalue weighted by molar-refractivity contribution is 5.89. The van der Waals surface area contributed by atoms with E-state index >= 15 is 0 Å². The predicted octanol–water partition coefficient (Wildman–Crippen LogP) is 4.61. The molecule has 0 aliphatic carbocycles. The fourth-order valence-corrected chi connectivity index (χ4v) is 2.78. The average molecular weight is 389 g/mol. The number of nitrogens with zero attached hydrogens (tertiary/aromatic N) is 1. The number of hydrogen-bond acceptors (Lipinski definition) is 4. The first-order valence-corrected chi connectivity index (χ1v) is 9.37. The molecule has 0 saturated heterocycles.